The van der Waals surface area contributed by atoms with Crippen molar-refractivity contribution < 1.29 is 9.59 Å². The van der Waals surface area contributed by atoms with Gasteiger partial charge >= 0.3 is 0 Å². The number of nitrogens with zero attached hydrogens (tertiary/aromatic N) is 1. The van der Waals surface area contributed by atoms with Gasteiger partial charge in [0.05, 0.1) is 11.1 Å². The largest absolute Gasteiger partial charge is 0.274 e. The Bertz CT molecular complexity index is 799. The van der Waals surface area contributed by atoms with Crippen molar-refractivity contribution >= 4 is 22.6 Å². The summed E-state index contributed by atoms with van der Waals surface area (Å²) < 4.78 is 0. The molecule has 0 bridgehead atoms. The van der Waals surface area contributed by atoms with Crippen molar-refractivity contribution in [2.45, 2.75) is 19.8 Å². The highest BCUT2D eigenvalue weighted by molar-refractivity contribution is 6.27. The molecule has 0 aromatic heterocycles. The lowest BCUT2D eigenvalue weighted by Gasteiger charge is -2.12. The summed E-state index contributed by atoms with van der Waals surface area (Å²) >= 11 is 0. The molecule has 104 valence electrons. The summed E-state index contributed by atoms with van der Waals surface area (Å²) in [4.78, 5) is 26.4. The fraction of sp³-hybridized carbons (Fsp3) is 0.222. The molecule has 0 spiro atoms. The van der Waals surface area contributed by atoms with Gasteiger partial charge in [0.25, 0.3) is 11.8 Å². The number of terminal acetylenes is 1. The zero-order valence-electron chi connectivity index (χ0n) is 11.8. The molecule has 3 rings (SSSR count). The van der Waals surface area contributed by atoms with Crippen molar-refractivity contribution in [2.24, 2.45) is 0 Å². The van der Waals surface area contributed by atoms with Crippen LogP contribution >= 0.6 is 0 Å². The van der Waals surface area contributed by atoms with E-state index >= 15 is 0 Å². The maximum atomic E-state index is 12.6. The second kappa shape index (κ2) is 5.06. The standard InChI is InChI=1S/C18H15NO2/c1-3-5-10-19-17(20)15-11-12(4-2)13-8-6-7-9-14(13)16(15)18(19)21/h2,6-9,11H,3,5,10H2,1H3. The Morgan fingerprint density at radius 1 is 1.14 bits per heavy atom. The minimum Gasteiger partial charge on any atom is -0.274 e. The number of hydrogen-bond donors (Lipinski definition) is 0. The van der Waals surface area contributed by atoms with Gasteiger partial charge in [0.15, 0.2) is 0 Å². The molecule has 0 N–H and O–H groups in total. The number of carbonyl (C=O) groups excluding carboxylic acids is 2. The molecule has 0 atom stereocenters. The van der Waals surface area contributed by atoms with Gasteiger partial charge in [0.1, 0.15) is 0 Å². The number of unbranched alkanes of at least 4 members (excludes halogenated alkanes) is 1. The quantitative estimate of drug-likeness (QED) is 0.638. The molecular weight excluding hydrogens is 262 g/mol. The van der Waals surface area contributed by atoms with Crippen LogP contribution in [0.25, 0.3) is 10.8 Å². The molecule has 0 saturated carbocycles. The first-order chi connectivity index (χ1) is 10.2. The third-order valence-electron chi connectivity index (χ3n) is 3.87. The lowest BCUT2D eigenvalue weighted by atomic mass is 9.96. The third kappa shape index (κ3) is 1.92. The van der Waals surface area contributed by atoms with Gasteiger partial charge < -0.3 is 0 Å². The Kier molecular flexibility index (Phi) is 3.23. The summed E-state index contributed by atoms with van der Waals surface area (Å²) in [6.07, 6.45) is 7.29. The van der Waals surface area contributed by atoms with Gasteiger partial charge in [0, 0.05) is 12.1 Å². The van der Waals surface area contributed by atoms with Crippen LogP contribution in [0.1, 0.15) is 46.0 Å². The molecule has 3 nitrogen and oxygen atoms in total. The molecule has 2 aromatic carbocycles. The number of fused-ring (bicyclic) bond motifs is 3. The summed E-state index contributed by atoms with van der Waals surface area (Å²) in [7, 11) is 0. The molecule has 0 radical (unpaired) electrons. The average Bonchev–Trinajstić information content (AvgIpc) is 2.76. The lowest BCUT2D eigenvalue weighted by molar-refractivity contribution is 0.0653. The maximum absolute atomic E-state index is 12.6. The highest BCUT2D eigenvalue weighted by atomic mass is 16.2. The molecule has 0 unspecified atom stereocenters. The van der Waals surface area contributed by atoms with Crippen LogP contribution in [0.5, 0.6) is 0 Å². The van der Waals surface area contributed by atoms with E-state index in [9.17, 15) is 9.59 Å². The zero-order chi connectivity index (χ0) is 15.0. The van der Waals surface area contributed by atoms with Gasteiger partial charge in [-0.1, -0.05) is 43.5 Å². The van der Waals surface area contributed by atoms with Gasteiger partial charge in [-0.2, -0.15) is 0 Å². The number of amides is 2. The number of imide groups is 1. The fourth-order valence-corrected chi connectivity index (χ4v) is 2.79. The summed E-state index contributed by atoms with van der Waals surface area (Å²) in [6.45, 7) is 2.49. The van der Waals surface area contributed by atoms with E-state index in [4.69, 9.17) is 6.42 Å². The van der Waals surface area contributed by atoms with Crippen LogP contribution < -0.4 is 0 Å². The van der Waals surface area contributed by atoms with Crippen LogP contribution in [0.2, 0.25) is 0 Å². The van der Waals surface area contributed by atoms with E-state index in [-0.39, 0.29) is 11.8 Å². The van der Waals surface area contributed by atoms with E-state index in [1.807, 2.05) is 31.2 Å². The van der Waals surface area contributed by atoms with Gasteiger partial charge in [0.2, 0.25) is 0 Å². The van der Waals surface area contributed by atoms with E-state index < -0.39 is 0 Å². The molecule has 1 heterocycles. The molecule has 0 aliphatic carbocycles. The zero-order valence-corrected chi connectivity index (χ0v) is 11.8. The Balaban J connectivity index is 2.24. The van der Waals surface area contributed by atoms with Crippen molar-refractivity contribution in [1.29, 1.82) is 0 Å². The maximum Gasteiger partial charge on any atom is 0.262 e. The molecule has 21 heavy (non-hydrogen) atoms. The molecule has 1 aliphatic heterocycles. The normalized spacial score (nSPS) is 13.6. The summed E-state index contributed by atoms with van der Waals surface area (Å²) in [6, 6.07) is 9.14. The lowest BCUT2D eigenvalue weighted by Crippen LogP contribution is -2.30. The van der Waals surface area contributed by atoms with Crippen LogP contribution in [-0.2, 0) is 0 Å². The molecule has 0 fully saturated rings. The smallest absolute Gasteiger partial charge is 0.262 e. The first kappa shape index (κ1) is 13.4. The van der Waals surface area contributed by atoms with Gasteiger partial charge in [-0.3, -0.25) is 14.5 Å². The SMILES string of the molecule is C#Cc1cc2c(c3ccccc13)C(=O)N(CCCC)C2=O. The van der Waals surface area contributed by atoms with Crippen molar-refractivity contribution in [3.63, 3.8) is 0 Å². The van der Waals surface area contributed by atoms with E-state index in [2.05, 4.69) is 5.92 Å². The highest BCUT2D eigenvalue weighted by Gasteiger charge is 2.36. The highest BCUT2D eigenvalue weighted by Crippen LogP contribution is 2.32. The van der Waals surface area contributed by atoms with E-state index in [0.29, 0.717) is 23.2 Å². The van der Waals surface area contributed by atoms with Crippen molar-refractivity contribution in [3.05, 3.63) is 47.0 Å². The predicted octanol–water partition coefficient (Wildman–Crippen LogP) is 3.22. The van der Waals surface area contributed by atoms with E-state index in [0.717, 1.165) is 23.6 Å². The number of hydrogen-bond acceptors (Lipinski definition) is 2. The minimum absolute atomic E-state index is 0.205. The molecule has 2 amide bonds. The predicted molar refractivity (Wildman–Crippen MR) is 82.2 cm³/mol. The summed E-state index contributed by atoms with van der Waals surface area (Å²) in [5.74, 6) is 2.17. The average molecular weight is 277 g/mol. The van der Waals surface area contributed by atoms with Gasteiger partial charge in [-0.25, -0.2) is 0 Å². The third-order valence-corrected chi connectivity index (χ3v) is 3.87. The fourth-order valence-electron chi connectivity index (χ4n) is 2.79. The summed E-state index contributed by atoms with van der Waals surface area (Å²) in [5, 5.41) is 1.61. The second-order valence-corrected chi connectivity index (χ2v) is 5.15. The molecule has 3 heteroatoms. The van der Waals surface area contributed by atoms with Crippen molar-refractivity contribution in [3.8, 4) is 12.3 Å². The van der Waals surface area contributed by atoms with Crippen molar-refractivity contribution in [2.75, 3.05) is 6.54 Å². The number of benzene rings is 2. The van der Waals surface area contributed by atoms with Crippen LogP contribution in [0, 0.1) is 12.3 Å². The van der Waals surface area contributed by atoms with Crippen LogP contribution in [0.15, 0.2) is 30.3 Å². The Hall–Kier alpha value is -2.60. The Morgan fingerprint density at radius 3 is 2.52 bits per heavy atom. The van der Waals surface area contributed by atoms with Crippen LogP contribution in [-0.4, -0.2) is 23.3 Å². The minimum atomic E-state index is -0.231. The molecular formula is C18H15NO2. The second-order valence-electron chi connectivity index (χ2n) is 5.15. The number of carbonyl (C=O) groups is 2. The Labute approximate surface area is 123 Å². The molecule has 2 aromatic rings. The van der Waals surface area contributed by atoms with Crippen LogP contribution in [0.3, 0.4) is 0 Å². The number of rotatable bonds is 3. The Morgan fingerprint density at radius 2 is 1.86 bits per heavy atom. The van der Waals surface area contributed by atoms with E-state index in [1.165, 1.54) is 4.90 Å². The summed E-state index contributed by atoms with van der Waals surface area (Å²) in [5.41, 5.74) is 1.58. The topological polar surface area (TPSA) is 37.4 Å². The first-order valence-corrected chi connectivity index (χ1v) is 7.07. The molecule has 1 aliphatic rings. The first-order valence-electron chi connectivity index (χ1n) is 7.07. The monoisotopic (exact) mass is 277 g/mol. The van der Waals surface area contributed by atoms with Gasteiger partial charge in [-0.05, 0) is 23.3 Å². The van der Waals surface area contributed by atoms with Crippen molar-refractivity contribution in [1.82, 2.24) is 4.90 Å². The van der Waals surface area contributed by atoms with Crippen LogP contribution in [0.4, 0.5) is 0 Å². The van der Waals surface area contributed by atoms with E-state index in [1.54, 1.807) is 6.07 Å². The molecule has 0 saturated heterocycles. The van der Waals surface area contributed by atoms with Gasteiger partial charge in [-0.15, -0.1) is 6.42 Å².